The predicted octanol–water partition coefficient (Wildman–Crippen LogP) is 2.65. The fourth-order valence-corrected chi connectivity index (χ4v) is 3.50. The Kier molecular flexibility index (Phi) is 3.27. The van der Waals surface area contributed by atoms with E-state index in [2.05, 4.69) is 33.3 Å². The van der Waals surface area contributed by atoms with Gasteiger partial charge < -0.3 is 10.4 Å². The van der Waals surface area contributed by atoms with Crippen LogP contribution in [0.25, 0.3) is 20.4 Å². The Hall–Kier alpha value is -1.79. The van der Waals surface area contributed by atoms with Gasteiger partial charge in [-0.3, -0.25) is 0 Å². The number of pyridine rings is 1. The molecule has 0 saturated heterocycles. The molecule has 0 spiro atoms. The van der Waals surface area contributed by atoms with E-state index in [1.807, 2.05) is 6.92 Å². The topological polar surface area (TPSA) is 70.9 Å². The van der Waals surface area contributed by atoms with Gasteiger partial charge in [-0.05, 0) is 32.4 Å². The quantitative estimate of drug-likeness (QED) is 0.775. The van der Waals surface area contributed by atoms with Crippen molar-refractivity contribution in [3.63, 3.8) is 0 Å². The molecule has 0 aromatic carbocycles. The van der Waals surface area contributed by atoms with Gasteiger partial charge in [-0.2, -0.15) is 0 Å². The lowest BCUT2D eigenvalue weighted by molar-refractivity contribution is 0.208. The van der Waals surface area contributed by atoms with Gasteiger partial charge in [-0.25, -0.2) is 15.0 Å². The van der Waals surface area contributed by atoms with Crippen LogP contribution in [0.1, 0.15) is 18.2 Å². The van der Waals surface area contributed by atoms with Crippen LogP contribution < -0.4 is 5.32 Å². The molecule has 0 aliphatic carbocycles. The van der Waals surface area contributed by atoms with Gasteiger partial charge in [0.25, 0.3) is 0 Å². The number of aromatic nitrogens is 3. The number of nitrogens with one attached hydrogen (secondary N) is 1. The second-order valence-electron chi connectivity index (χ2n) is 4.99. The van der Waals surface area contributed by atoms with Gasteiger partial charge in [0, 0.05) is 17.6 Å². The van der Waals surface area contributed by atoms with Gasteiger partial charge >= 0.3 is 0 Å². The van der Waals surface area contributed by atoms with E-state index in [-0.39, 0.29) is 0 Å². The number of aryl methyl sites for hydroxylation is 2. The summed E-state index contributed by atoms with van der Waals surface area (Å²) in [6, 6.07) is 2.07. The van der Waals surface area contributed by atoms with Crippen LogP contribution in [-0.4, -0.2) is 32.7 Å². The normalized spacial score (nSPS) is 13.0. The van der Waals surface area contributed by atoms with E-state index < -0.39 is 6.10 Å². The predicted molar refractivity (Wildman–Crippen MR) is 82.4 cm³/mol. The fourth-order valence-electron chi connectivity index (χ4n) is 2.28. The van der Waals surface area contributed by atoms with E-state index in [9.17, 15) is 5.11 Å². The van der Waals surface area contributed by atoms with Crippen LogP contribution in [0.4, 0.5) is 5.82 Å². The summed E-state index contributed by atoms with van der Waals surface area (Å²) in [5.41, 5.74) is 3.12. The first-order chi connectivity index (χ1) is 9.56. The lowest BCUT2D eigenvalue weighted by Gasteiger charge is -2.07. The molecule has 0 fully saturated rings. The van der Waals surface area contributed by atoms with Crippen molar-refractivity contribution in [1.29, 1.82) is 0 Å². The second-order valence-corrected chi connectivity index (χ2v) is 5.99. The van der Waals surface area contributed by atoms with Crippen molar-refractivity contribution in [3.05, 3.63) is 23.7 Å². The van der Waals surface area contributed by atoms with Crippen LogP contribution >= 0.6 is 11.3 Å². The number of thiophene rings is 1. The molecule has 3 rings (SSSR count). The van der Waals surface area contributed by atoms with Gasteiger partial charge in [0.15, 0.2) is 0 Å². The van der Waals surface area contributed by atoms with Gasteiger partial charge in [-0.1, -0.05) is 0 Å². The van der Waals surface area contributed by atoms with Crippen molar-refractivity contribution < 1.29 is 5.11 Å². The highest BCUT2D eigenvalue weighted by atomic mass is 32.1. The molecular formula is C14H16N4OS. The second kappa shape index (κ2) is 4.96. The largest absolute Gasteiger partial charge is 0.392 e. The number of hydrogen-bond acceptors (Lipinski definition) is 6. The summed E-state index contributed by atoms with van der Waals surface area (Å²) in [5, 5.41) is 13.7. The molecule has 6 heteroatoms. The van der Waals surface area contributed by atoms with Crippen LogP contribution in [0.15, 0.2) is 12.4 Å². The summed E-state index contributed by atoms with van der Waals surface area (Å²) in [6.45, 7) is 6.28. The fraction of sp³-hybridized carbons (Fsp3) is 0.357. The number of anilines is 1. The number of fused-ring (bicyclic) bond motifs is 3. The van der Waals surface area contributed by atoms with Crippen LogP contribution in [0.3, 0.4) is 0 Å². The van der Waals surface area contributed by atoms with Crippen molar-refractivity contribution in [2.45, 2.75) is 26.9 Å². The van der Waals surface area contributed by atoms with E-state index in [1.165, 1.54) is 5.56 Å². The first-order valence-corrected chi connectivity index (χ1v) is 7.31. The third-order valence-corrected chi connectivity index (χ3v) is 4.20. The highest BCUT2D eigenvalue weighted by Gasteiger charge is 2.14. The van der Waals surface area contributed by atoms with Gasteiger partial charge in [0.05, 0.1) is 16.3 Å². The molecule has 0 aliphatic heterocycles. The van der Waals surface area contributed by atoms with E-state index in [1.54, 1.807) is 24.6 Å². The molecule has 5 nitrogen and oxygen atoms in total. The summed E-state index contributed by atoms with van der Waals surface area (Å²) >= 11 is 1.59. The van der Waals surface area contributed by atoms with E-state index >= 15 is 0 Å². The van der Waals surface area contributed by atoms with Crippen LogP contribution in [0.2, 0.25) is 0 Å². The zero-order valence-corrected chi connectivity index (χ0v) is 12.5. The number of rotatable bonds is 3. The maximum Gasteiger partial charge on any atom is 0.147 e. The van der Waals surface area contributed by atoms with Crippen LogP contribution in [0.5, 0.6) is 0 Å². The summed E-state index contributed by atoms with van der Waals surface area (Å²) in [5.74, 6) is 0.760. The number of aliphatic hydroxyl groups excluding tert-OH is 1. The Labute approximate surface area is 120 Å². The molecule has 104 valence electrons. The highest BCUT2D eigenvalue weighted by molar-refractivity contribution is 7.26. The average Bonchev–Trinajstić information content (AvgIpc) is 2.74. The zero-order chi connectivity index (χ0) is 14.3. The first kappa shape index (κ1) is 13.2. The van der Waals surface area contributed by atoms with Crippen molar-refractivity contribution in [3.8, 4) is 0 Å². The average molecular weight is 288 g/mol. The van der Waals surface area contributed by atoms with Crippen LogP contribution in [0, 0.1) is 13.8 Å². The Morgan fingerprint density at radius 3 is 2.90 bits per heavy atom. The van der Waals surface area contributed by atoms with E-state index in [4.69, 9.17) is 0 Å². The van der Waals surface area contributed by atoms with Gasteiger partial charge in [0.2, 0.25) is 0 Å². The molecule has 2 N–H and O–H groups in total. The molecule has 3 heterocycles. The molecule has 0 bridgehead atoms. The Balaban J connectivity index is 2.22. The Morgan fingerprint density at radius 2 is 2.15 bits per heavy atom. The minimum atomic E-state index is -0.420. The summed E-state index contributed by atoms with van der Waals surface area (Å²) in [6.07, 6.45) is 1.13. The molecule has 0 aliphatic rings. The molecule has 3 aromatic heterocycles. The molecule has 0 saturated carbocycles. The van der Waals surface area contributed by atoms with E-state index in [0.29, 0.717) is 6.54 Å². The van der Waals surface area contributed by atoms with Crippen molar-refractivity contribution in [2.75, 3.05) is 11.9 Å². The lowest BCUT2D eigenvalue weighted by atomic mass is 10.1. The third-order valence-electron chi connectivity index (χ3n) is 3.12. The molecule has 0 radical (unpaired) electrons. The third kappa shape index (κ3) is 2.21. The highest BCUT2D eigenvalue weighted by Crippen LogP contribution is 2.36. The standard InChI is InChI=1S/C14H16N4OS/c1-7-4-8(2)18-14-10(7)11-12(20-14)13(17-6-16-11)15-5-9(3)19/h4,6,9,19H,5H2,1-3H3,(H,15,16,17). The van der Waals surface area contributed by atoms with Crippen molar-refractivity contribution in [2.24, 2.45) is 0 Å². The maximum absolute atomic E-state index is 9.39. The number of aliphatic hydroxyl groups is 1. The maximum atomic E-state index is 9.39. The minimum Gasteiger partial charge on any atom is -0.392 e. The molecular weight excluding hydrogens is 272 g/mol. The Bertz CT molecular complexity index is 782. The van der Waals surface area contributed by atoms with E-state index in [0.717, 1.165) is 31.9 Å². The lowest BCUT2D eigenvalue weighted by Crippen LogP contribution is -2.16. The van der Waals surface area contributed by atoms with Gasteiger partial charge in [0.1, 0.15) is 17.0 Å². The molecule has 20 heavy (non-hydrogen) atoms. The van der Waals surface area contributed by atoms with Crippen LogP contribution in [-0.2, 0) is 0 Å². The van der Waals surface area contributed by atoms with Crippen molar-refractivity contribution in [1.82, 2.24) is 15.0 Å². The zero-order valence-electron chi connectivity index (χ0n) is 11.6. The summed E-state index contributed by atoms with van der Waals surface area (Å²) in [4.78, 5) is 14.2. The van der Waals surface area contributed by atoms with Gasteiger partial charge in [-0.15, -0.1) is 11.3 Å². The molecule has 1 atom stereocenters. The monoisotopic (exact) mass is 288 g/mol. The minimum absolute atomic E-state index is 0.420. The summed E-state index contributed by atoms with van der Waals surface area (Å²) < 4.78 is 0.990. The SMILES string of the molecule is Cc1cc(C)c2c(n1)sc1c(NCC(C)O)ncnc12. The number of hydrogen-bond donors (Lipinski definition) is 2. The Morgan fingerprint density at radius 1 is 1.35 bits per heavy atom. The first-order valence-electron chi connectivity index (χ1n) is 6.49. The molecule has 3 aromatic rings. The molecule has 1 unspecified atom stereocenters. The van der Waals surface area contributed by atoms with Crippen molar-refractivity contribution >= 4 is 37.6 Å². The summed E-state index contributed by atoms with van der Waals surface area (Å²) in [7, 11) is 0. The smallest absolute Gasteiger partial charge is 0.147 e. The number of nitrogens with zero attached hydrogens (tertiary/aromatic N) is 3. The molecule has 0 amide bonds.